The Morgan fingerprint density at radius 3 is 2.47 bits per heavy atom. The van der Waals surface area contributed by atoms with Crippen molar-refractivity contribution in [2.24, 2.45) is 5.92 Å². The maximum Gasteiger partial charge on any atom is 0.227 e. The summed E-state index contributed by atoms with van der Waals surface area (Å²) in [5.41, 5.74) is 0.611. The molecule has 2 amide bonds. The Hall–Kier alpha value is -3.07. The van der Waals surface area contributed by atoms with E-state index in [0.29, 0.717) is 17.2 Å². The number of sulfone groups is 1. The van der Waals surface area contributed by atoms with E-state index in [0.717, 1.165) is 0 Å². The molecule has 30 heavy (non-hydrogen) atoms. The van der Waals surface area contributed by atoms with Gasteiger partial charge in [0.1, 0.15) is 0 Å². The zero-order valence-corrected chi connectivity index (χ0v) is 17.6. The van der Waals surface area contributed by atoms with Gasteiger partial charge in [0.25, 0.3) is 0 Å². The summed E-state index contributed by atoms with van der Waals surface area (Å²) in [4.78, 5) is 26.7. The second-order valence-electron chi connectivity index (χ2n) is 6.87. The molecule has 1 heterocycles. The lowest BCUT2D eigenvalue weighted by molar-refractivity contribution is -0.126. The van der Waals surface area contributed by atoms with Crippen molar-refractivity contribution >= 4 is 27.3 Å². The molecule has 1 aliphatic heterocycles. The molecular formula is C21H24N2O6S. The lowest BCUT2D eigenvalue weighted by atomic mass is 10.1. The van der Waals surface area contributed by atoms with E-state index in [1.165, 1.54) is 31.3 Å². The van der Waals surface area contributed by atoms with E-state index in [4.69, 9.17) is 9.47 Å². The van der Waals surface area contributed by atoms with Crippen LogP contribution < -0.4 is 19.7 Å². The second-order valence-corrected chi connectivity index (χ2v) is 8.98. The molecule has 1 fully saturated rings. The molecule has 0 radical (unpaired) electrons. The van der Waals surface area contributed by atoms with Crippen molar-refractivity contribution in [3.05, 3.63) is 48.5 Å². The van der Waals surface area contributed by atoms with Crippen LogP contribution in [0.4, 0.5) is 5.69 Å². The van der Waals surface area contributed by atoms with Crippen LogP contribution in [0.3, 0.4) is 0 Å². The standard InChI is InChI=1S/C21H24N2O6S/c1-28-18-9-8-16(13-19(18)29-2)23-14-15(12-20(23)24)21(25)22-10-11-30(26,27)17-6-4-3-5-7-17/h3-9,13,15H,10-12,14H2,1-2H3,(H,22,25)/t15-/m0/s1. The molecule has 0 spiro atoms. The smallest absolute Gasteiger partial charge is 0.227 e. The summed E-state index contributed by atoms with van der Waals surface area (Å²) in [6, 6.07) is 13.2. The predicted octanol–water partition coefficient (Wildman–Crippen LogP) is 1.65. The summed E-state index contributed by atoms with van der Waals surface area (Å²) in [6.07, 6.45) is 0.0611. The first-order valence-electron chi connectivity index (χ1n) is 9.43. The van der Waals surface area contributed by atoms with Crippen molar-refractivity contribution in [1.82, 2.24) is 5.32 Å². The van der Waals surface area contributed by atoms with E-state index in [1.54, 1.807) is 36.4 Å². The second kappa shape index (κ2) is 9.17. The third kappa shape index (κ3) is 4.73. The number of amides is 2. The Bertz CT molecular complexity index is 1020. The number of ether oxygens (including phenoxy) is 2. The minimum absolute atomic E-state index is 0.0168. The topological polar surface area (TPSA) is 102 Å². The van der Waals surface area contributed by atoms with E-state index < -0.39 is 15.8 Å². The van der Waals surface area contributed by atoms with Crippen LogP contribution in [0.2, 0.25) is 0 Å². The van der Waals surface area contributed by atoms with Crippen LogP contribution in [0, 0.1) is 5.92 Å². The van der Waals surface area contributed by atoms with Crippen molar-refractivity contribution in [2.75, 3.05) is 38.0 Å². The van der Waals surface area contributed by atoms with Crippen molar-refractivity contribution in [3.63, 3.8) is 0 Å². The number of anilines is 1. The summed E-state index contributed by atoms with van der Waals surface area (Å²) in [5, 5.41) is 2.64. The number of methoxy groups -OCH3 is 2. The Kier molecular flexibility index (Phi) is 6.61. The molecular weight excluding hydrogens is 408 g/mol. The number of carbonyl (C=O) groups is 2. The first-order chi connectivity index (χ1) is 14.4. The fourth-order valence-corrected chi connectivity index (χ4v) is 4.50. The zero-order chi connectivity index (χ0) is 21.7. The fourth-order valence-electron chi connectivity index (χ4n) is 3.32. The average molecular weight is 432 g/mol. The number of benzene rings is 2. The van der Waals surface area contributed by atoms with E-state index >= 15 is 0 Å². The largest absolute Gasteiger partial charge is 0.493 e. The van der Waals surface area contributed by atoms with Gasteiger partial charge in [-0.1, -0.05) is 18.2 Å². The molecule has 0 unspecified atom stereocenters. The highest BCUT2D eigenvalue weighted by Gasteiger charge is 2.35. The van der Waals surface area contributed by atoms with Gasteiger partial charge in [0.05, 0.1) is 30.8 Å². The van der Waals surface area contributed by atoms with Gasteiger partial charge in [0.15, 0.2) is 21.3 Å². The number of hydrogen-bond donors (Lipinski definition) is 1. The van der Waals surface area contributed by atoms with Crippen LogP contribution in [-0.2, 0) is 19.4 Å². The third-order valence-corrected chi connectivity index (χ3v) is 6.68. The van der Waals surface area contributed by atoms with Crippen molar-refractivity contribution in [2.45, 2.75) is 11.3 Å². The summed E-state index contributed by atoms with van der Waals surface area (Å²) in [6.45, 7) is 0.197. The number of hydrogen-bond acceptors (Lipinski definition) is 6. The van der Waals surface area contributed by atoms with Crippen LogP contribution in [0.15, 0.2) is 53.4 Å². The summed E-state index contributed by atoms with van der Waals surface area (Å²) in [7, 11) is -0.444. The Labute approximate surface area is 175 Å². The predicted molar refractivity (Wildman–Crippen MR) is 112 cm³/mol. The first kappa shape index (κ1) is 21.6. The number of nitrogens with zero attached hydrogens (tertiary/aromatic N) is 1. The van der Waals surface area contributed by atoms with Crippen LogP contribution in [-0.4, -0.2) is 53.3 Å². The monoisotopic (exact) mass is 432 g/mol. The van der Waals surface area contributed by atoms with Gasteiger partial charge < -0.3 is 19.7 Å². The normalized spacial score (nSPS) is 16.4. The van der Waals surface area contributed by atoms with Crippen LogP contribution in [0.25, 0.3) is 0 Å². The minimum atomic E-state index is -3.48. The molecule has 2 aromatic carbocycles. The molecule has 0 aromatic heterocycles. The third-order valence-electron chi connectivity index (χ3n) is 4.95. The minimum Gasteiger partial charge on any atom is -0.493 e. The number of carbonyl (C=O) groups excluding carboxylic acids is 2. The van der Waals surface area contributed by atoms with Crippen molar-refractivity contribution in [3.8, 4) is 11.5 Å². The Morgan fingerprint density at radius 2 is 1.80 bits per heavy atom. The van der Waals surface area contributed by atoms with Gasteiger partial charge in [-0.2, -0.15) is 0 Å². The van der Waals surface area contributed by atoms with E-state index in [-0.39, 0.29) is 42.0 Å². The number of rotatable bonds is 8. The van der Waals surface area contributed by atoms with E-state index in [2.05, 4.69) is 5.32 Å². The first-order valence-corrected chi connectivity index (χ1v) is 11.1. The average Bonchev–Trinajstić information content (AvgIpc) is 3.15. The molecule has 0 saturated carbocycles. The SMILES string of the molecule is COc1ccc(N2C[C@@H](C(=O)NCCS(=O)(=O)c3ccccc3)CC2=O)cc1OC. The molecule has 9 heteroatoms. The molecule has 160 valence electrons. The Balaban J connectivity index is 1.59. The molecule has 8 nitrogen and oxygen atoms in total. The van der Waals surface area contributed by atoms with Crippen molar-refractivity contribution < 1.29 is 27.5 Å². The van der Waals surface area contributed by atoms with Gasteiger partial charge in [0.2, 0.25) is 11.8 Å². The highest BCUT2D eigenvalue weighted by atomic mass is 32.2. The summed E-state index contributed by atoms with van der Waals surface area (Å²) < 4.78 is 35.1. The molecule has 1 N–H and O–H groups in total. The fraction of sp³-hybridized carbons (Fsp3) is 0.333. The molecule has 1 aliphatic rings. The quantitative estimate of drug-likeness (QED) is 0.681. The molecule has 0 aliphatic carbocycles. The summed E-state index contributed by atoms with van der Waals surface area (Å²) in [5.74, 6) is -0.245. The maximum atomic E-state index is 12.5. The molecule has 1 atom stereocenters. The molecule has 3 rings (SSSR count). The van der Waals surface area contributed by atoms with Gasteiger partial charge >= 0.3 is 0 Å². The van der Waals surface area contributed by atoms with Gasteiger partial charge in [-0.15, -0.1) is 0 Å². The van der Waals surface area contributed by atoms with Gasteiger partial charge in [-0.05, 0) is 24.3 Å². The summed E-state index contributed by atoms with van der Waals surface area (Å²) >= 11 is 0. The van der Waals surface area contributed by atoms with Gasteiger partial charge in [-0.3, -0.25) is 9.59 Å². The molecule has 0 bridgehead atoms. The molecule has 2 aromatic rings. The Morgan fingerprint density at radius 1 is 1.10 bits per heavy atom. The molecule has 1 saturated heterocycles. The zero-order valence-electron chi connectivity index (χ0n) is 16.8. The highest BCUT2D eigenvalue weighted by Crippen LogP contribution is 2.34. The lowest BCUT2D eigenvalue weighted by Crippen LogP contribution is -2.35. The van der Waals surface area contributed by atoms with Gasteiger partial charge in [0, 0.05) is 31.3 Å². The van der Waals surface area contributed by atoms with Gasteiger partial charge in [-0.25, -0.2) is 8.42 Å². The van der Waals surface area contributed by atoms with E-state index in [9.17, 15) is 18.0 Å². The van der Waals surface area contributed by atoms with Crippen LogP contribution in [0.1, 0.15) is 6.42 Å². The highest BCUT2D eigenvalue weighted by molar-refractivity contribution is 7.91. The van der Waals surface area contributed by atoms with Crippen molar-refractivity contribution in [1.29, 1.82) is 0 Å². The van der Waals surface area contributed by atoms with E-state index in [1.807, 2.05) is 0 Å². The number of nitrogens with one attached hydrogen (secondary N) is 1. The van der Waals surface area contributed by atoms with Crippen LogP contribution in [0.5, 0.6) is 11.5 Å². The lowest BCUT2D eigenvalue weighted by Gasteiger charge is -2.18. The maximum absolute atomic E-state index is 12.5. The van der Waals surface area contributed by atoms with Crippen LogP contribution >= 0.6 is 0 Å².